The number of hydrogen-bond acceptors (Lipinski definition) is 6. The maximum absolute atomic E-state index is 9.16. The second-order valence-electron chi connectivity index (χ2n) is 4.22. The summed E-state index contributed by atoms with van der Waals surface area (Å²) >= 11 is 1.25. The van der Waals surface area contributed by atoms with Gasteiger partial charge < -0.3 is 15.7 Å². The normalized spacial score (nSPS) is 16.0. The van der Waals surface area contributed by atoms with Gasteiger partial charge in [0.2, 0.25) is 0 Å². The number of aliphatic hydroxyl groups is 1. The van der Waals surface area contributed by atoms with E-state index in [0.29, 0.717) is 24.0 Å². The molecule has 0 saturated heterocycles. The molecule has 0 amide bonds. The van der Waals surface area contributed by atoms with Crippen LogP contribution in [0, 0.1) is 11.3 Å². The van der Waals surface area contributed by atoms with Crippen LogP contribution in [0.5, 0.6) is 0 Å². The number of aromatic nitrogens is 1. The molecule has 1 heterocycles. The van der Waals surface area contributed by atoms with Crippen molar-refractivity contribution in [1.29, 1.82) is 5.26 Å². The second-order valence-corrected chi connectivity index (χ2v) is 4.97. The molecule has 1 fully saturated rings. The van der Waals surface area contributed by atoms with Gasteiger partial charge in [0.05, 0.1) is 6.61 Å². The Balaban J connectivity index is 2.28. The van der Waals surface area contributed by atoms with E-state index >= 15 is 0 Å². The van der Waals surface area contributed by atoms with E-state index in [4.69, 9.17) is 16.1 Å². The van der Waals surface area contributed by atoms with E-state index in [9.17, 15) is 0 Å². The number of nitrogen functional groups attached to an aromatic ring is 1. The molecule has 1 aliphatic carbocycles. The summed E-state index contributed by atoms with van der Waals surface area (Å²) < 4.78 is 4.04. The first-order valence-corrected chi connectivity index (χ1v) is 6.58. The van der Waals surface area contributed by atoms with Gasteiger partial charge in [0.25, 0.3) is 0 Å². The molecular weight excluding hydrogens is 236 g/mol. The summed E-state index contributed by atoms with van der Waals surface area (Å²) in [5.74, 6) is 0.299. The molecule has 1 aromatic heterocycles. The largest absolute Gasteiger partial charge is 0.395 e. The van der Waals surface area contributed by atoms with Crippen molar-refractivity contribution in [3.8, 4) is 6.07 Å². The number of nitrogens with two attached hydrogens (primary N) is 1. The number of nitriles is 1. The molecule has 3 N–H and O–H groups in total. The predicted molar refractivity (Wildman–Crippen MR) is 67.9 cm³/mol. The van der Waals surface area contributed by atoms with Gasteiger partial charge in [-0.3, -0.25) is 0 Å². The van der Waals surface area contributed by atoms with Gasteiger partial charge in [-0.1, -0.05) is 12.8 Å². The van der Waals surface area contributed by atoms with Crippen molar-refractivity contribution >= 4 is 22.4 Å². The third-order valence-corrected chi connectivity index (χ3v) is 4.08. The number of hydrogen-bond donors (Lipinski definition) is 2. The summed E-state index contributed by atoms with van der Waals surface area (Å²) in [4.78, 5) is 2.10. The molecular formula is C11H16N4OS. The fraction of sp³-hybridized carbons (Fsp3) is 0.636. The average molecular weight is 252 g/mol. The highest BCUT2D eigenvalue weighted by Crippen LogP contribution is 2.35. The van der Waals surface area contributed by atoms with Crippen molar-refractivity contribution in [3.05, 3.63) is 5.56 Å². The van der Waals surface area contributed by atoms with Gasteiger partial charge >= 0.3 is 0 Å². The van der Waals surface area contributed by atoms with E-state index < -0.39 is 0 Å². The molecule has 92 valence electrons. The SMILES string of the molecule is N#Cc1c(N)nsc1N(CCO)C1CCCC1. The predicted octanol–water partition coefficient (Wildman–Crippen LogP) is 1.34. The van der Waals surface area contributed by atoms with E-state index in [0.717, 1.165) is 17.8 Å². The maximum atomic E-state index is 9.16. The Morgan fingerprint density at radius 2 is 2.24 bits per heavy atom. The molecule has 1 aliphatic rings. The summed E-state index contributed by atoms with van der Waals surface area (Å²) in [5.41, 5.74) is 6.13. The van der Waals surface area contributed by atoms with Gasteiger partial charge in [0, 0.05) is 12.6 Å². The van der Waals surface area contributed by atoms with E-state index in [1.807, 2.05) is 0 Å². The summed E-state index contributed by atoms with van der Waals surface area (Å²) in [6, 6.07) is 2.52. The van der Waals surface area contributed by atoms with Crippen LogP contribution in [0.2, 0.25) is 0 Å². The third-order valence-electron chi connectivity index (χ3n) is 3.18. The van der Waals surface area contributed by atoms with Crippen LogP contribution in [-0.2, 0) is 0 Å². The lowest BCUT2D eigenvalue weighted by molar-refractivity contribution is 0.297. The Morgan fingerprint density at radius 3 is 2.82 bits per heavy atom. The van der Waals surface area contributed by atoms with Crippen LogP contribution in [-0.4, -0.2) is 28.7 Å². The lowest BCUT2D eigenvalue weighted by Gasteiger charge is -2.28. The van der Waals surface area contributed by atoms with Gasteiger partial charge in [-0.15, -0.1) is 0 Å². The summed E-state index contributed by atoms with van der Waals surface area (Å²) in [6.45, 7) is 0.625. The Morgan fingerprint density at radius 1 is 1.53 bits per heavy atom. The molecule has 0 unspecified atom stereocenters. The van der Waals surface area contributed by atoms with Crippen molar-refractivity contribution in [1.82, 2.24) is 4.37 Å². The fourth-order valence-electron chi connectivity index (χ4n) is 2.37. The first kappa shape index (κ1) is 12.1. The molecule has 0 aromatic carbocycles. The number of anilines is 2. The van der Waals surface area contributed by atoms with E-state index in [-0.39, 0.29) is 6.61 Å². The first-order valence-electron chi connectivity index (χ1n) is 5.80. The molecule has 0 atom stereocenters. The minimum atomic E-state index is 0.0825. The molecule has 0 aliphatic heterocycles. The zero-order valence-electron chi connectivity index (χ0n) is 9.59. The quantitative estimate of drug-likeness (QED) is 0.844. The smallest absolute Gasteiger partial charge is 0.157 e. The van der Waals surface area contributed by atoms with Crippen LogP contribution in [0.3, 0.4) is 0 Å². The van der Waals surface area contributed by atoms with Crippen LogP contribution < -0.4 is 10.6 Å². The number of nitrogens with zero attached hydrogens (tertiary/aromatic N) is 3. The summed E-state index contributed by atoms with van der Waals surface area (Å²) in [6.07, 6.45) is 4.65. The van der Waals surface area contributed by atoms with Gasteiger partial charge in [0.1, 0.15) is 16.6 Å². The lowest BCUT2D eigenvalue weighted by atomic mass is 10.2. The van der Waals surface area contributed by atoms with Gasteiger partial charge in [0.15, 0.2) is 5.82 Å². The van der Waals surface area contributed by atoms with Gasteiger partial charge in [-0.2, -0.15) is 9.64 Å². The maximum Gasteiger partial charge on any atom is 0.157 e. The molecule has 2 rings (SSSR count). The molecule has 6 heteroatoms. The van der Waals surface area contributed by atoms with Crippen LogP contribution in [0.15, 0.2) is 0 Å². The zero-order chi connectivity index (χ0) is 12.3. The molecule has 0 spiro atoms. The van der Waals surface area contributed by atoms with Crippen molar-refractivity contribution < 1.29 is 5.11 Å². The summed E-state index contributed by atoms with van der Waals surface area (Å²) in [5, 5.41) is 19.1. The fourth-order valence-corrected chi connectivity index (χ4v) is 3.23. The highest BCUT2D eigenvalue weighted by Gasteiger charge is 2.26. The highest BCUT2D eigenvalue weighted by molar-refractivity contribution is 7.10. The van der Waals surface area contributed by atoms with Crippen molar-refractivity contribution in [2.24, 2.45) is 0 Å². The minimum absolute atomic E-state index is 0.0825. The minimum Gasteiger partial charge on any atom is -0.395 e. The molecule has 0 radical (unpaired) electrons. The Kier molecular flexibility index (Phi) is 3.82. The van der Waals surface area contributed by atoms with Crippen LogP contribution in [0.4, 0.5) is 10.8 Å². The van der Waals surface area contributed by atoms with Crippen LogP contribution in [0.1, 0.15) is 31.2 Å². The third kappa shape index (κ3) is 2.35. The topological polar surface area (TPSA) is 86.2 Å². The first-order chi connectivity index (χ1) is 8.27. The Hall–Kier alpha value is -1.32. The average Bonchev–Trinajstić information content (AvgIpc) is 2.95. The molecule has 0 bridgehead atoms. The lowest BCUT2D eigenvalue weighted by Crippen LogP contribution is -2.35. The van der Waals surface area contributed by atoms with Crippen LogP contribution >= 0.6 is 11.5 Å². The molecule has 1 aromatic rings. The number of rotatable bonds is 4. The second kappa shape index (κ2) is 5.34. The monoisotopic (exact) mass is 252 g/mol. The Bertz CT molecular complexity index is 420. The molecule has 5 nitrogen and oxygen atoms in total. The van der Waals surface area contributed by atoms with Crippen molar-refractivity contribution in [2.45, 2.75) is 31.7 Å². The zero-order valence-corrected chi connectivity index (χ0v) is 10.4. The number of aliphatic hydroxyl groups excluding tert-OH is 1. The van der Waals surface area contributed by atoms with Crippen molar-refractivity contribution in [2.75, 3.05) is 23.8 Å². The highest BCUT2D eigenvalue weighted by atomic mass is 32.1. The molecule has 1 saturated carbocycles. The molecule has 17 heavy (non-hydrogen) atoms. The van der Waals surface area contributed by atoms with Gasteiger partial charge in [-0.25, -0.2) is 0 Å². The summed E-state index contributed by atoms with van der Waals surface area (Å²) in [7, 11) is 0. The van der Waals surface area contributed by atoms with Gasteiger partial charge in [-0.05, 0) is 24.4 Å². The van der Waals surface area contributed by atoms with Crippen LogP contribution in [0.25, 0.3) is 0 Å². The van der Waals surface area contributed by atoms with E-state index in [1.165, 1.54) is 24.4 Å². The van der Waals surface area contributed by atoms with E-state index in [1.54, 1.807) is 0 Å². The van der Waals surface area contributed by atoms with E-state index in [2.05, 4.69) is 15.3 Å². The standard InChI is InChI=1S/C11H16N4OS/c12-7-9-10(13)14-17-11(9)15(5-6-16)8-3-1-2-4-8/h8,16H,1-6H2,(H2,13,14). The van der Waals surface area contributed by atoms with Crippen molar-refractivity contribution in [3.63, 3.8) is 0 Å². The Labute approximate surface area is 105 Å².